The molecule has 2 N–H and O–H groups in total. The Bertz CT molecular complexity index is 1160. The van der Waals surface area contributed by atoms with E-state index in [1.807, 2.05) is 0 Å². The topological polar surface area (TPSA) is 92.3 Å². The molecular weight excluding hydrogens is 424 g/mol. The Balaban J connectivity index is 1.44. The molecule has 4 rings (SSSR count). The fourth-order valence-electron chi connectivity index (χ4n) is 4.07. The summed E-state index contributed by atoms with van der Waals surface area (Å²) in [6, 6.07) is 10.7. The molecule has 1 saturated carbocycles. The van der Waals surface area contributed by atoms with Gasteiger partial charge in [0.05, 0.1) is 15.6 Å². The molecule has 0 saturated heterocycles. The molecule has 0 aromatic heterocycles. The molecule has 30 heavy (non-hydrogen) atoms. The fourth-order valence-corrected chi connectivity index (χ4v) is 4.97. The lowest BCUT2D eigenvalue weighted by atomic mass is 9.93. The number of hydrogen-bond acceptors (Lipinski definition) is 4. The number of carbonyl (C=O) groups is 2. The van der Waals surface area contributed by atoms with E-state index in [0.29, 0.717) is 23.2 Å². The maximum absolute atomic E-state index is 12.6. The number of nitrogens with one attached hydrogen (secondary N) is 2. The van der Waals surface area contributed by atoms with E-state index in [9.17, 15) is 18.0 Å². The van der Waals surface area contributed by atoms with Crippen LogP contribution in [0.25, 0.3) is 0 Å². The Morgan fingerprint density at radius 1 is 1.03 bits per heavy atom. The number of carbonyl (C=O) groups excluding carboxylic acids is 2. The highest BCUT2D eigenvalue weighted by Gasteiger charge is 2.39. The van der Waals surface area contributed by atoms with Crippen molar-refractivity contribution in [3.63, 3.8) is 0 Å². The third kappa shape index (κ3) is 4.27. The Hall–Kier alpha value is -2.64. The summed E-state index contributed by atoms with van der Waals surface area (Å²) in [5, 5.41) is 5.86. The minimum absolute atomic E-state index is 0.0136. The fraction of sp³-hybridized carbons (Fsp3) is 0.273. The molecule has 2 aromatic rings. The number of rotatable bonds is 5. The van der Waals surface area contributed by atoms with Crippen LogP contribution in [-0.4, -0.2) is 26.5 Å². The van der Waals surface area contributed by atoms with Gasteiger partial charge in [0.15, 0.2) is 9.84 Å². The zero-order chi connectivity index (χ0) is 21.5. The van der Waals surface area contributed by atoms with Gasteiger partial charge in [0.1, 0.15) is 0 Å². The van der Waals surface area contributed by atoms with Crippen molar-refractivity contribution in [2.75, 3.05) is 16.9 Å². The highest BCUT2D eigenvalue weighted by atomic mass is 35.5. The first-order valence-corrected chi connectivity index (χ1v) is 11.9. The molecule has 0 spiro atoms. The molecule has 156 valence electrons. The van der Waals surface area contributed by atoms with Gasteiger partial charge in [0.2, 0.25) is 5.91 Å². The molecule has 8 heteroatoms. The maximum atomic E-state index is 12.6. The minimum Gasteiger partial charge on any atom is -0.326 e. The predicted molar refractivity (Wildman–Crippen MR) is 116 cm³/mol. The highest BCUT2D eigenvalue weighted by molar-refractivity contribution is 7.90. The summed E-state index contributed by atoms with van der Waals surface area (Å²) >= 11 is 6.30. The second-order valence-corrected chi connectivity index (χ2v) is 10.2. The van der Waals surface area contributed by atoms with Crippen molar-refractivity contribution in [3.8, 4) is 0 Å². The number of hydrogen-bond donors (Lipinski definition) is 2. The van der Waals surface area contributed by atoms with Crippen LogP contribution in [0.15, 0.2) is 59.5 Å². The van der Waals surface area contributed by atoms with Crippen molar-refractivity contribution in [2.24, 2.45) is 17.8 Å². The van der Waals surface area contributed by atoms with E-state index in [0.717, 1.165) is 19.1 Å². The lowest BCUT2D eigenvalue weighted by Crippen LogP contribution is -2.25. The van der Waals surface area contributed by atoms with Crippen LogP contribution in [0.4, 0.5) is 11.4 Å². The maximum Gasteiger partial charge on any atom is 0.255 e. The second-order valence-electron chi connectivity index (χ2n) is 7.82. The first-order chi connectivity index (χ1) is 14.2. The number of fused-ring (bicyclic) bond motifs is 2. The molecule has 6 nitrogen and oxygen atoms in total. The summed E-state index contributed by atoms with van der Waals surface area (Å²) in [5.74, 6) is 0.311. The van der Waals surface area contributed by atoms with Crippen LogP contribution in [-0.2, 0) is 14.6 Å². The molecule has 2 aliphatic carbocycles. The van der Waals surface area contributed by atoms with E-state index in [-0.39, 0.29) is 27.3 Å². The second kappa shape index (κ2) is 7.89. The van der Waals surface area contributed by atoms with E-state index in [1.54, 1.807) is 18.2 Å². The monoisotopic (exact) mass is 444 g/mol. The third-order valence-corrected chi connectivity index (χ3v) is 7.05. The van der Waals surface area contributed by atoms with Gasteiger partial charge >= 0.3 is 0 Å². The number of sulfone groups is 1. The van der Waals surface area contributed by atoms with Crippen LogP contribution in [0.3, 0.4) is 0 Å². The molecule has 0 heterocycles. The van der Waals surface area contributed by atoms with Crippen LogP contribution in [0, 0.1) is 17.8 Å². The van der Waals surface area contributed by atoms with Gasteiger partial charge in [-0.3, -0.25) is 9.59 Å². The number of amides is 2. The van der Waals surface area contributed by atoms with Crippen molar-refractivity contribution < 1.29 is 18.0 Å². The third-order valence-electron chi connectivity index (χ3n) is 5.62. The summed E-state index contributed by atoms with van der Waals surface area (Å²) in [5.41, 5.74) is 1.14. The largest absolute Gasteiger partial charge is 0.326 e. The summed E-state index contributed by atoms with van der Waals surface area (Å²) in [6.45, 7) is 0. The van der Waals surface area contributed by atoms with E-state index < -0.39 is 15.7 Å². The summed E-state index contributed by atoms with van der Waals surface area (Å²) in [6.07, 6.45) is 7.32. The molecule has 0 unspecified atom stereocenters. The molecule has 1 fully saturated rings. The SMILES string of the molecule is CS(=O)(=O)c1cccc(C(=O)Nc2ccc(NC(=O)[C@@H]3C[C@H]4C=C[C@H]3C4)cc2Cl)c1. The first kappa shape index (κ1) is 20.6. The van der Waals surface area contributed by atoms with Gasteiger partial charge in [-0.25, -0.2) is 8.42 Å². The van der Waals surface area contributed by atoms with E-state index >= 15 is 0 Å². The van der Waals surface area contributed by atoms with E-state index in [2.05, 4.69) is 22.8 Å². The predicted octanol–water partition coefficient (Wildman–Crippen LogP) is 4.15. The van der Waals surface area contributed by atoms with Gasteiger partial charge in [-0.1, -0.05) is 29.8 Å². The summed E-state index contributed by atoms with van der Waals surface area (Å²) in [4.78, 5) is 25.1. The zero-order valence-electron chi connectivity index (χ0n) is 16.3. The zero-order valence-corrected chi connectivity index (χ0v) is 17.8. The minimum atomic E-state index is -3.42. The molecule has 0 aliphatic heterocycles. The normalized spacial score (nSPS) is 22.1. The molecule has 2 amide bonds. The van der Waals surface area contributed by atoms with Gasteiger partial charge in [0.25, 0.3) is 5.91 Å². The van der Waals surface area contributed by atoms with Crippen LogP contribution in [0.1, 0.15) is 23.2 Å². The smallest absolute Gasteiger partial charge is 0.255 e. The van der Waals surface area contributed by atoms with E-state index in [1.165, 1.54) is 24.3 Å². The van der Waals surface area contributed by atoms with Crippen molar-refractivity contribution in [3.05, 3.63) is 65.2 Å². The number of halogens is 1. The van der Waals surface area contributed by atoms with E-state index in [4.69, 9.17) is 11.6 Å². The van der Waals surface area contributed by atoms with Crippen molar-refractivity contribution in [1.29, 1.82) is 0 Å². The molecule has 0 radical (unpaired) electrons. The van der Waals surface area contributed by atoms with Crippen LogP contribution in [0.5, 0.6) is 0 Å². The Morgan fingerprint density at radius 2 is 1.83 bits per heavy atom. The Morgan fingerprint density at radius 3 is 2.47 bits per heavy atom. The molecule has 2 aliphatic rings. The first-order valence-electron chi connectivity index (χ1n) is 9.61. The standard InChI is InChI=1S/C22H21ClN2O4S/c1-30(28,29)17-4-2-3-15(11-17)21(26)25-20-8-7-16(12-19(20)23)24-22(27)18-10-13-5-6-14(18)9-13/h2-8,11-14,18H,9-10H2,1H3,(H,24,27)(H,25,26)/t13-,14-,18+/m0/s1. The van der Waals surface area contributed by atoms with Crippen molar-refractivity contribution in [2.45, 2.75) is 17.7 Å². The highest BCUT2D eigenvalue weighted by Crippen LogP contribution is 2.43. The molecule has 3 atom stereocenters. The Labute approximate surface area is 180 Å². The molecular formula is C22H21ClN2O4S. The number of benzene rings is 2. The van der Waals surface area contributed by atoms with Crippen LogP contribution in [0.2, 0.25) is 5.02 Å². The Kier molecular flexibility index (Phi) is 5.42. The summed E-state index contributed by atoms with van der Waals surface area (Å²) < 4.78 is 23.4. The van der Waals surface area contributed by atoms with Crippen molar-refractivity contribution >= 4 is 44.6 Å². The van der Waals surface area contributed by atoms with Gasteiger partial charge in [-0.2, -0.15) is 0 Å². The lowest BCUT2D eigenvalue weighted by molar-refractivity contribution is -0.120. The average Bonchev–Trinajstić information content (AvgIpc) is 3.33. The van der Waals surface area contributed by atoms with Crippen LogP contribution < -0.4 is 10.6 Å². The lowest BCUT2D eigenvalue weighted by Gasteiger charge is -2.18. The van der Waals surface area contributed by atoms with Gasteiger partial charge in [-0.15, -0.1) is 0 Å². The van der Waals surface area contributed by atoms with Gasteiger partial charge < -0.3 is 10.6 Å². The average molecular weight is 445 g/mol. The van der Waals surface area contributed by atoms with Crippen molar-refractivity contribution in [1.82, 2.24) is 0 Å². The van der Waals surface area contributed by atoms with Gasteiger partial charge in [0, 0.05) is 23.4 Å². The number of anilines is 2. The van der Waals surface area contributed by atoms with Crippen LogP contribution >= 0.6 is 11.6 Å². The molecule has 2 bridgehead atoms. The van der Waals surface area contributed by atoms with Gasteiger partial charge in [-0.05, 0) is 61.1 Å². The number of allylic oxidation sites excluding steroid dienone is 2. The molecule has 2 aromatic carbocycles. The quantitative estimate of drug-likeness (QED) is 0.677. The summed E-state index contributed by atoms with van der Waals surface area (Å²) in [7, 11) is -3.42.